The molecule has 0 saturated carbocycles. The molecule has 0 radical (unpaired) electrons. The maximum atomic E-state index is 11.8. The van der Waals surface area contributed by atoms with Crippen molar-refractivity contribution in [1.29, 1.82) is 0 Å². The summed E-state index contributed by atoms with van der Waals surface area (Å²) in [6.07, 6.45) is 0.940. The van der Waals surface area contributed by atoms with Crippen molar-refractivity contribution in [1.82, 2.24) is 10.2 Å². The molecule has 0 aliphatic carbocycles. The fourth-order valence-electron chi connectivity index (χ4n) is 1.49. The molecule has 0 rings (SSSR count). The lowest BCUT2D eigenvalue weighted by Crippen LogP contribution is -2.50. The van der Waals surface area contributed by atoms with E-state index >= 15 is 0 Å². The number of hydrogen-bond donors (Lipinski definition) is 2. The third kappa shape index (κ3) is 5.42. The maximum absolute atomic E-state index is 11.8. The number of amides is 1. The average Bonchev–Trinajstić information content (AvgIpc) is 2.20. The first-order valence-corrected chi connectivity index (χ1v) is 6.12. The van der Waals surface area contributed by atoms with Crippen LogP contribution in [0.1, 0.15) is 34.1 Å². The predicted octanol–water partition coefficient (Wildman–Crippen LogP) is 0.898. The minimum absolute atomic E-state index is 0.0341. The van der Waals surface area contributed by atoms with Crippen molar-refractivity contribution in [2.24, 2.45) is 5.73 Å². The van der Waals surface area contributed by atoms with Crippen LogP contribution in [0, 0.1) is 0 Å². The summed E-state index contributed by atoms with van der Waals surface area (Å²) >= 11 is 4.89. The van der Waals surface area contributed by atoms with Crippen molar-refractivity contribution in [2.45, 2.75) is 46.2 Å². The second-order valence-electron chi connectivity index (χ2n) is 4.20. The Morgan fingerprint density at radius 2 is 2.00 bits per heavy atom. The third-order valence-electron chi connectivity index (χ3n) is 2.43. The topological polar surface area (TPSA) is 58.4 Å². The van der Waals surface area contributed by atoms with Gasteiger partial charge in [-0.2, -0.15) is 0 Å². The maximum Gasteiger partial charge on any atom is 0.237 e. The van der Waals surface area contributed by atoms with Crippen LogP contribution < -0.4 is 11.1 Å². The van der Waals surface area contributed by atoms with E-state index in [0.717, 1.165) is 6.42 Å². The highest BCUT2D eigenvalue weighted by Crippen LogP contribution is 2.05. The summed E-state index contributed by atoms with van der Waals surface area (Å²) in [5.74, 6) is 0.0341. The van der Waals surface area contributed by atoms with Crippen LogP contribution in [0.4, 0.5) is 0 Å². The van der Waals surface area contributed by atoms with E-state index in [4.69, 9.17) is 18.0 Å². The van der Waals surface area contributed by atoms with Gasteiger partial charge in [0.1, 0.15) is 0 Å². The van der Waals surface area contributed by atoms with Gasteiger partial charge in [-0.15, -0.1) is 0 Å². The molecule has 0 spiro atoms. The van der Waals surface area contributed by atoms with Crippen LogP contribution in [-0.4, -0.2) is 41.0 Å². The lowest BCUT2D eigenvalue weighted by molar-refractivity contribution is -0.126. The van der Waals surface area contributed by atoms with Crippen molar-refractivity contribution in [3.8, 4) is 0 Å². The van der Waals surface area contributed by atoms with E-state index < -0.39 is 0 Å². The lowest BCUT2D eigenvalue weighted by atomic mass is 10.2. The molecule has 5 heteroatoms. The standard InChI is InChI=1S/C11H23N3OS/c1-5-6-13-11(15)9(4)14(8(2)3)7-10(12)16/h8-9H,5-7H2,1-4H3,(H2,12,16)(H,13,15). The number of carbonyl (C=O) groups excluding carboxylic acids is 1. The molecular weight excluding hydrogens is 222 g/mol. The van der Waals surface area contributed by atoms with Crippen LogP contribution in [0.2, 0.25) is 0 Å². The summed E-state index contributed by atoms with van der Waals surface area (Å²) < 4.78 is 0. The second kappa shape index (κ2) is 7.57. The molecule has 0 aromatic heterocycles. The van der Waals surface area contributed by atoms with Gasteiger partial charge in [0, 0.05) is 19.1 Å². The second-order valence-corrected chi connectivity index (χ2v) is 4.72. The number of hydrogen-bond acceptors (Lipinski definition) is 3. The number of rotatable bonds is 7. The summed E-state index contributed by atoms with van der Waals surface area (Å²) in [7, 11) is 0. The largest absolute Gasteiger partial charge is 0.392 e. The quantitative estimate of drug-likeness (QED) is 0.654. The molecule has 0 aliphatic heterocycles. The van der Waals surface area contributed by atoms with Crippen LogP contribution in [0.15, 0.2) is 0 Å². The summed E-state index contributed by atoms with van der Waals surface area (Å²) in [5, 5.41) is 2.88. The van der Waals surface area contributed by atoms with Gasteiger partial charge in [-0.05, 0) is 27.2 Å². The molecule has 0 aromatic rings. The van der Waals surface area contributed by atoms with Crippen molar-refractivity contribution < 1.29 is 4.79 Å². The number of nitrogens with two attached hydrogens (primary N) is 1. The monoisotopic (exact) mass is 245 g/mol. The van der Waals surface area contributed by atoms with Crippen molar-refractivity contribution >= 4 is 23.1 Å². The highest BCUT2D eigenvalue weighted by molar-refractivity contribution is 7.80. The van der Waals surface area contributed by atoms with Gasteiger partial charge in [-0.3, -0.25) is 9.69 Å². The Kier molecular flexibility index (Phi) is 7.25. The molecule has 0 aliphatic rings. The van der Waals surface area contributed by atoms with Crippen LogP contribution in [0.5, 0.6) is 0 Å². The summed E-state index contributed by atoms with van der Waals surface area (Å²) in [4.78, 5) is 14.2. The first-order chi connectivity index (χ1) is 7.40. The summed E-state index contributed by atoms with van der Waals surface area (Å²) in [5.41, 5.74) is 5.53. The molecule has 16 heavy (non-hydrogen) atoms. The Morgan fingerprint density at radius 1 is 1.44 bits per heavy atom. The van der Waals surface area contributed by atoms with E-state index in [1.807, 2.05) is 32.6 Å². The van der Waals surface area contributed by atoms with Crippen molar-refractivity contribution in [2.75, 3.05) is 13.1 Å². The van der Waals surface area contributed by atoms with Gasteiger partial charge in [0.25, 0.3) is 0 Å². The minimum Gasteiger partial charge on any atom is -0.392 e. The van der Waals surface area contributed by atoms with Crippen LogP contribution in [0.25, 0.3) is 0 Å². The Balaban J connectivity index is 4.41. The first kappa shape index (κ1) is 15.3. The molecule has 0 bridgehead atoms. The van der Waals surface area contributed by atoms with Crippen LogP contribution in [0.3, 0.4) is 0 Å². The normalized spacial score (nSPS) is 12.9. The van der Waals surface area contributed by atoms with E-state index in [9.17, 15) is 4.79 Å². The number of carbonyl (C=O) groups is 1. The summed E-state index contributed by atoms with van der Waals surface area (Å²) in [6, 6.07) is 0.0388. The number of nitrogens with one attached hydrogen (secondary N) is 1. The Morgan fingerprint density at radius 3 is 2.38 bits per heavy atom. The highest BCUT2D eigenvalue weighted by Gasteiger charge is 2.23. The zero-order valence-electron chi connectivity index (χ0n) is 10.6. The fraction of sp³-hybridized carbons (Fsp3) is 0.818. The van der Waals surface area contributed by atoms with Crippen molar-refractivity contribution in [3.05, 3.63) is 0 Å². The Hall–Kier alpha value is -0.680. The molecule has 1 amide bonds. The first-order valence-electron chi connectivity index (χ1n) is 5.71. The van der Waals surface area contributed by atoms with Gasteiger partial charge in [-0.1, -0.05) is 19.1 Å². The van der Waals surface area contributed by atoms with E-state index in [-0.39, 0.29) is 18.0 Å². The van der Waals surface area contributed by atoms with Gasteiger partial charge in [-0.25, -0.2) is 0 Å². The highest BCUT2D eigenvalue weighted by atomic mass is 32.1. The van der Waals surface area contributed by atoms with Gasteiger partial charge in [0.2, 0.25) is 5.91 Å². The lowest BCUT2D eigenvalue weighted by Gasteiger charge is -2.31. The van der Waals surface area contributed by atoms with E-state index in [1.165, 1.54) is 0 Å². The molecule has 1 unspecified atom stereocenters. The van der Waals surface area contributed by atoms with E-state index in [1.54, 1.807) is 0 Å². The average molecular weight is 245 g/mol. The molecule has 0 heterocycles. The SMILES string of the molecule is CCCNC(=O)C(C)N(CC(N)=S)C(C)C. The molecule has 0 saturated heterocycles. The fourth-order valence-corrected chi connectivity index (χ4v) is 1.64. The van der Waals surface area contributed by atoms with E-state index in [0.29, 0.717) is 18.1 Å². The molecule has 0 fully saturated rings. The molecule has 1 atom stereocenters. The zero-order chi connectivity index (χ0) is 12.7. The Labute approximate surface area is 104 Å². The Bertz CT molecular complexity index is 243. The molecular formula is C11H23N3OS. The number of nitrogens with zero attached hydrogens (tertiary/aromatic N) is 1. The third-order valence-corrected chi connectivity index (χ3v) is 2.56. The molecule has 0 aromatic carbocycles. The van der Waals surface area contributed by atoms with Crippen LogP contribution in [-0.2, 0) is 4.79 Å². The number of thiocarbonyl (C=S) groups is 1. The van der Waals surface area contributed by atoms with Crippen molar-refractivity contribution in [3.63, 3.8) is 0 Å². The molecule has 3 N–H and O–H groups in total. The molecule has 94 valence electrons. The smallest absolute Gasteiger partial charge is 0.237 e. The van der Waals surface area contributed by atoms with Crippen LogP contribution >= 0.6 is 12.2 Å². The van der Waals surface area contributed by atoms with Gasteiger partial charge in [0.05, 0.1) is 11.0 Å². The van der Waals surface area contributed by atoms with Gasteiger partial charge in [0.15, 0.2) is 0 Å². The predicted molar refractivity (Wildman–Crippen MR) is 71.4 cm³/mol. The summed E-state index contributed by atoms with van der Waals surface area (Å²) in [6.45, 7) is 9.16. The zero-order valence-corrected chi connectivity index (χ0v) is 11.4. The molecule has 4 nitrogen and oxygen atoms in total. The van der Waals surface area contributed by atoms with Gasteiger partial charge >= 0.3 is 0 Å². The van der Waals surface area contributed by atoms with E-state index in [2.05, 4.69) is 5.32 Å². The minimum atomic E-state index is -0.201. The van der Waals surface area contributed by atoms with Gasteiger partial charge < -0.3 is 11.1 Å².